The van der Waals surface area contributed by atoms with E-state index in [4.69, 9.17) is 5.73 Å². The summed E-state index contributed by atoms with van der Waals surface area (Å²) in [4.78, 5) is 17.4. The van der Waals surface area contributed by atoms with E-state index in [1.54, 1.807) is 23.1 Å². The summed E-state index contributed by atoms with van der Waals surface area (Å²) in [6, 6.07) is 6.34. The zero-order valence-electron chi connectivity index (χ0n) is 18.1. The first kappa shape index (κ1) is 22.1. The first-order valence-electron chi connectivity index (χ1n) is 10.2. The number of thiophene rings is 1. The fourth-order valence-corrected chi connectivity index (χ4v) is 6.96. The van der Waals surface area contributed by atoms with Gasteiger partial charge in [-0.25, -0.2) is 0 Å². The Hall–Kier alpha value is -2.15. The van der Waals surface area contributed by atoms with Crippen molar-refractivity contribution < 1.29 is 4.79 Å². The maximum absolute atomic E-state index is 13.4. The van der Waals surface area contributed by atoms with E-state index in [2.05, 4.69) is 37.0 Å². The molecule has 0 radical (unpaired) electrons. The molecule has 0 saturated carbocycles. The Kier molecular flexibility index (Phi) is 5.99. The van der Waals surface area contributed by atoms with Gasteiger partial charge in [0.15, 0.2) is 10.1 Å². The number of rotatable bonds is 5. The summed E-state index contributed by atoms with van der Waals surface area (Å²) in [5.41, 5.74) is 8.38. The van der Waals surface area contributed by atoms with E-state index >= 15 is 0 Å². The summed E-state index contributed by atoms with van der Waals surface area (Å²) >= 11 is 4.72. The van der Waals surface area contributed by atoms with Crippen molar-refractivity contribution in [2.45, 2.75) is 57.2 Å². The highest BCUT2D eigenvalue weighted by molar-refractivity contribution is 8.01. The molecule has 4 rings (SSSR count). The summed E-state index contributed by atoms with van der Waals surface area (Å²) in [6.07, 6.45) is 2.18. The summed E-state index contributed by atoms with van der Waals surface area (Å²) in [5.74, 6) is 0.979. The minimum Gasteiger partial charge on any atom is -0.384 e. The molecule has 0 fully saturated rings. The van der Waals surface area contributed by atoms with Crippen LogP contribution in [0.5, 0.6) is 0 Å². The van der Waals surface area contributed by atoms with E-state index in [0.717, 1.165) is 32.0 Å². The highest BCUT2D eigenvalue weighted by atomic mass is 32.2. The molecule has 162 valence electrons. The van der Waals surface area contributed by atoms with Gasteiger partial charge in [-0.3, -0.25) is 9.69 Å². The Balaban J connectivity index is 1.90. The van der Waals surface area contributed by atoms with Crippen LogP contribution in [0.1, 0.15) is 55.7 Å². The zero-order valence-corrected chi connectivity index (χ0v) is 20.5. The summed E-state index contributed by atoms with van der Waals surface area (Å²) in [5, 5.41) is 19.4. The summed E-state index contributed by atoms with van der Waals surface area (Å²) < 4.78 is 0.864. The lowest BCUT2D eigenvalue weighted by molar-refractivity contribution is -0.118. The van der Waals surface area contributed by atoms with Crippen molar-refractivity contribution in [1.82, 2.24) is 10.2 Å². The Morgan fingerprint density at radius 2 is 2.10 bits per heavy atom. The topological polar surface area (TPSA) is 95.9 Å². The molecule has 1 unspecified atom stereocenters. The molecule has 6 nitrogen and oxygen atoms in total. The van der Waals surface area contributed by atoms with Crippen LogP contribution in [0.4, 0.5) is 5.13 Å². The van der Waals surface area contributed by atoms with Crippen LogP contribution in [-0.2, 0) is 4.79 Å². The average molecular weight is 472 g/mol. The third-order valence-electron chi connectivity index (χ3n) is 5.44. The molecule has 31 heavy (non-hydrogen) atoms. The van der Waals surface area contributed by atoms with Crippen LogP contribution < -0.4 is 10.6 Å². The second-order valence-corrected chi connectivity index (χ2v) is 12.2. The van der Waals surface area contributed by atoms with Crippen molar-refractivity contribution in [3.63, 3.8) is 0 Å². The molecule has 9 heteroatoms. The van der Waals surface area contributed by atoms with Crippen LogP contribution in [0.2, 0.25) is 0 Å². The number of aryl methyl sites for hydroxylation is 1. The maximum Gasteiger partial charge on any atom is 0.219 e. The van der Waals surface area contributed by atoms with Crippen LogP contribution >= 0.6 is 34.4 Å². The van der Waals surface area contributed by atoms with Crippen molar-refractivity contribution in [1.29, 1.82) is 5.26 Å². The van der Waals surface area contributed by atoms with Gasteiger partial charge in [0, 0.05) is 33.2 Å². The number of ketones is 1. The van der Waals surface area contributed by atoms with Gasteiger partial charge in [0.2, 0.25) is 5.13 Å². The predicted molar refractivity (Wildman–Crippen MR) is 127 cm³/mol. The minimum atomic E-state index is -0.416. The van der Waals surface area contributed by atoms with Gasteiger partial charge in [0.1, 0.15) is 5.82 Å². The van der Waals surface area contributed by atoms with E-state index < -0.39 is 5.92 Å². The number of hydrogen-bond acceptors (Lipinski definition) is 9. The third-order valence-corrected chi connectivity index (χ3v) is 8.76. The lowest BCUT2D eigenvalue weighted by Crippen LogP contribution is -2.42. The Morgan fingerprint density at radius 3 is 2.74 bits per heavy atom. The number of thioether (sulfide) groups is 1. The third kappa shape index (κ3) is 4.04. The number of allylic oxidation sites excluding steroid dienone is 3. The van der Waals surface area contributed by atoms with Crippen molar-refractivity contribution >= 4 is 45.4 Å². The van der Waals surface area contributed by atoms with E-state index in [-0.39, 0.29) is 11.2 Å². The molecule has 0 bridgehead atoms. The van der Waals surface area contributed by atoms with Gasteiger partial charge in [-0.15, -0.1) is 21.5 Å². The van der Waals surface area contributed by atoms with Gasteiger partial charge in [-0.1, -0.05) is 43.9 Å². The molecule has 1 aliphatic carbocycles. The average Bonchev–Trinajstić information content (AvgIpc) is 3.33. The predicted octanol–water partition coefficient (Wildman–Crippen LogP) is 5.35. The van der Waals surface area contributed by atoms with Crippen LogP contribution in [-0.4, -0.2) is 21.7 Å². The van der Waals surface area contributed by atoms with E-state index in [0.29, 0.717) is 34.9 Å². The number of nitriles is 1. The normalized spacial score (nSPS) is 20.8. The smallest absolute Gasteiger partial charge is 0.219 e. The molecule has 2 N–H and O–H groups in total. The maximum atomic E-state index is 13.4. The van der Waals surface area contributed by atoms with Crippen molar-refractivity contribution in [2.75, 3.05) is 10.7 Å². The largest absolute Gasteiger partial charge is 0.384 e. The quantitative estimate of drug-likeness (QED) is 0.587. The molecular weight excluding hydrogens is 446 g/mol. The van der Waals surface area contributed by atoms with Gasteiger partial charge in [-0.2, -0.15) is 5.26 Å². The second-order valence-electron chi connectivity index (χ2n) is 8.63. The molecule has 0 saturated heterocycles. The number of carbonyl (C=O) groups excluding carboxylic acids is 1. The number of Topliss-reactive ketones (excluding diaryl/α,β-unsaturated/α-hetero) is 1. The van der Waals surface area contributed by atoms with Crippen LogP contribution in [0.3, 0.4) is 0 Å². The van der Waals surface area contributed by atoms with Gasteiger partial charge in [-0.05, 0) is 37.3 Å². The van der Waals surface area contributed by atoms with Crippen molar-refractivity contribution in [3.8, 4) is 6.07 Å². The molecule has 0 spiro atoms. The van der Waals surface area contributed by atoms with Crippen molar-refractivity contribution in [3.05, 3.63) is 44.6 Å². The van der Waals surface area contributed by atoms with E-state index in [9.17, 15) is 10.1 Å². The highest BCUT2D eigenvalue weighted by Crippen LogP contribution is 2.51. The van der Waals surface area contributed by atoms with E-state index in [1.807, 2.05) is 24.0 Å². The molecule has 0 aromatic carbocycles. The molecule has 2 aromatic heterocycles. The van der Waals surface area contributed by atoms with E-state index in [1.165, 1.54) is 11.3 Å². The number of hydrogen-bond donors (Lipinski definition) is 1. The molecule has 2 aliphatic rings. The molecular formula is C22H25N5OS3. The fourth-order valence-electron chi connectivity index (χ4n) is 4.16. The Morgan fingerprint density at radius 1 is 1.32 bits per heavy atom. The Labute approximate surface area is 194 Å². The number of nitrogens with zero attached hydrogens (tertiary/aromatic N) is 4. The minimum absolute atomic E-state index is 0.0812. The molecule has 0 amide bonds. The lowest BCUT2D eigenvalue weighted by atomic mass is 9.70. The van der Waals surface area contributed by atoms with Gasteiger partial charge < -0.3 is 5.73 Å². The van der Waals surface area contributed by atoms with Gasteiger partial charge in [0.25, 0.3) is 0 Å². The molecule has 1 aliphatic heterocycles. The molecule has 2 aromatic rings. The highest BCUT2D eigenvalue weighted by Gasteiger charge is 2.45. The lowest BCUT2D eigenvalue weighted by Gasteiger charge is -2.42. The molecule has 1 atom stereocenters. The number of nitrogens with two attached hydrogens (primary N) is 1. The van der Waals surface area contributed by atoms with Crippen LogP contribution in [0.25, 0.3) is 0 Å². The Bertz CT molecular complexity index is 1130. The van der Waals surface area contributed by atoms with Gasteiger partial charge in [0.05, 0.1) is 17.6 Å². The number of anilines is 1. The zero-order chi connectivity index (χ0) is 22.3. The summed E-state index contributed by atoms with van der Waals surface area (Å²) in [6.45, 7) is 8.35. The SMILES string of the molecule is CCCSc1nnc(N2C(N)=C(C#N)C(c3ccc(C)s3)C3=C2CC(C)(C)CC3=O)s1. The summed E-state index contributed by atoms with van der Waals surface area (Å²) in [7, 11) is 0. The first-order valence-corrected chi connectivity index (χ1v) is 12.9. The van der Waals surface area contributed by atoms with Gasteiger partial charge >= 0.3 is 0 Å². The molecule has 3 heterocycles. The monoisotopic (exact) mass is 471 g/mol. The van der Waals surface area contributed by atoms with Crippen molar-refractivity contribution in [2.24, 2.45) is 11.1 Å². The number of carbonyl (C=O) groups is 1. The first-order chi connectivity index (χ1) is 14.8. The number of aromatic nitrogens is 2. The standard InChI is InChI=1S/C22H25N5OS3/c1-5-8-29-21-26-25-20(31-21)27-14-9-22(3,4)10-15(28)18(14)17(13(11-23)19(27)24)16-7-6-12(2)30-16/h6-7,17H,5,8-10,24H2,1-4H3. The second kappa shape index (κ2) is 8.41. The van der Waals surface area contributed by atoms with Crippen LogP contribution in [0.15, 0.2) is 39.1 Å². The fraction of sp³-hybridized carbons (Fsp3) is 0.455. The van der Waals surface area contributed by atoms with Crippen LogP contribution in [0, 0.1) is 23.7 Å².